The Morgan fingerprint density at radius 2 is 1.85 bits per heavy atom. The maximum Gasteiger partial charge on any atom is 0.211 e. The molecule has 0 spiro atoms. The molecule has 0 aliphatic carbocycles. The van der Waals surface area contributed by atoms with Gasteiger partial charge < -0.3 is 14.2 Å². The fourth-order valence-electron chi connectivity index (χ4n) is 2.78. The molecule has 2 aromatic rings. The first-order valence-electron chi connectivity index (χ1n) is 6.67. The molecule has 0 bridgehead atoms. The number of rotatable bonds is 3. The second-order valence-electron chi connectivity index (χ2n) is 4.84. The maximum atomic E-state index is 5.99. The molecule has 3 nitrogen and oxygen atoms in total. The van der Waals surface area contributed by atoms with E-state index in [1.165, 1.54) is 0 Å². The van der Waals surface area contributed by atoms with Gasteiger partial charge in [-0.25, -0.2) is 0 Å². The quantitative estimate of drug-likeness (QED) is 0.797. The molecule has 20 heavy (non-hydrogen) atoms. The van der Waals surface area contributed by atoms with Gasteiger partial charge in [0.2, 0.25) is 5.79 Å². The average molecular weight is 337 g/mol. The molecule has 1 atom stereocenters. The van der Waals surface area contributed by atoms with Crippen molar-refractivity contribution in [3.05, 3.63) is 42.0 Å². The Kier molecular flexibility index (Phi) is 3.71. The number of hydrogen-bond donors (Lipinski definition) is 0. The Bertz CT molecular complexity index is 618. The molecule has 3 rings (SSSR count). The van der Waals surface area contributed by atoms with E-state index in [1.54, 1.807) is 7.11 Å². The number of ether oxygens (including phenoxy) is 3. The summed E-state index contributed by atoms with van der Waals surface area (Å²) < 4.78 is 17.5. The van der Waals surface area contributed by atoms with Crippen LogP contribution in [0.3, 0.4) is 0 Å². The van der Waals surface area contributed by atoms with Crippen molar-refractivity contribution in [1.29, 1.82) is 0 Å². The molecule has 1 aliphatic heterocycles. The predicted molar refractivity (Wildman–Crippen MR) is 82.5 cm³/mol. The van der Waals surface area contributed by atoms with Gasteiger partial charge in [0, 0.05) is 0 Å². The molecule has 1 fully saturated rings. The highest BCUT2D eigenvalue weighted by molar-refractivity contribution is 9.09. The minimum atomic E-state index is -0.799. The standard InChI is InChI=1S/C16H17BrO3/c1-11(17)16(19-9-10-20-16)15-13-6-4-3-5-12(13)7-8-14(15)18-2/h3-8,11H,9-10H2,1-2H3. The van der Waals surface area contributed by atoms with Crippen LogP contribution in [0.1, 0.15) is 12.5 Å². The van der Waals surface area contributed by atoms with Crippen LogP contribution in [0.2, 0.25) is 0 Å². The maximum absolute atomic E-state index is 5.99. The second-order valence-corrected chi connectivity index (χ2v) is 6.22. The van der Waals surface area contributed by atoms with Crippen LogP contribution in [-0.4, -0.2) is 25.2 Å². The van der Waals surface area contributed by atoms with Crippen molar-refractivity contribution >= 4 is 26.7 Å². The summed E-state index contributed by atoms with van der Waals surface area (Å²) in [5.41, 5.74) is 0.958. The van der Waals surface area contributed by atoms with E-state index in [9.17, 15) is 0 Å². The zero-order valence-corrected chi connectivity index (χ0v) is 13.1. The lowest BCUT2D eigenvalue weighted by Crippen LogP contribution is -2.36. The zero-order chi connectivity index (χ0) is 14.2. The van der Waals surface area contributed by atoms with E-state index < -0.39 is 5.79 Å². The Morgan fingerprint density at radius 1 is 1.15 bits per heavy atom. The van der Waals surface area contributed by atoms with Crippen LogP contribution in [0.5, 0.6) is 5.75 Å². The van der Waals surface area contributed by atoms with Crippen molar-refractivity contribution in [3.8, 4) is 5.75 Å². The van der Waals surface area contributed by atoms with Crippen molar-refractivity contribution in [3.63, 3.8) is 0 Å². The highest BCUT2D eigenvalue weighted by atomic mass is 79.9. The van der Waals surface area contributed by atoms with Gasteiger partial charge in [-0.05, 0) is 23.8 Å². The number of halogens is 1. The Balaban J connectivity index is 2.32. The van der Waals surface area contributed by atoms with Crippen LogP contribution in [0.25, 0.3) is 10.8 Å². The highest BCUT2D eigenvalue weighted by Crippen LogP contribution is 2.45. The van der Waals surface area contributed by atoms with Gasteiger partial charge in [0.05, 0.1) is 30.7 Å². The van der Waals surface area contributed by atoms with Crippen molar-refractivity contribution in [2.75, 3.05) is 20.3 Å². The van der Waals surface area contributed by atoms with Gasteiger partial charge in [-0.1, -0.05) is 46.3 Å². The van der Waals surface area contributed by atoms with E-state index in [0.29, 0.717) is 13.2 Å². The Hall–Kier alpha value is -1.10. The minimum Gasteiger partial charge on any atom is -0.496 e. The lowest BCUT2D eigenvalue weighted by molar-refractivity contribution is -0.161. The first-order valence-corrected chi connectivity index (χ1v) is 7.59. The van der Waals surface area contributed by atoms with Gasteiger partial charge in [-0.2, -0.15) is 0 Å². The summed E-state index contributed by atoms with van der Waals surface area (Å²) in [6.45, 7) is 3.21. The Morgan fingerprint density at radius 3 is 2.50 bits per heavy atom. The van der Waals surface area contributed by atoms with Crippen LogP contribution in [0, 0.1) is 0 Å². The van der Waals surface area contributed by atoms with Gasteiger partial charge in [0.15, 0.2) is 0 Å². The molecule has 1 aliphatic rings. The van der Waals surface area contributed by atoms with Crippen molar-refractivity contribution < 1.29 is 14.2 Å². The van der Waals surface area contributed by atoms with Crippen molar-refractivity contribution in [1.82, 2.24) is 0 Å². The zero-order valence-electron chi connectivity index (χ0n) is 11.6. The number of benzene rings is 2. The van der Waals surface area contributed by atoms with Crippen LogP contribution in [0.15, 0.2) is 36.4 Å². The second kappa shape index (κ2) is 5.35. The SMILES string of the molecule is COc1ccc2ccccc2c1C1(C(C)Br)OCCO1. The van der Waals surface area contributed by atoms with E-state index in [0.717, 1.165) is 22.1 Å². The molecule has 0 N–H and O–H groups in total. The number of alkyl halides is 1. The molecule has 1 saturated heterocycles. The fraction of sp³-hybridized carbons (Fsp3) is 0.375. The summed E-state index contributed by atoms with van der Waals surface area (Å²) in [6, 6.07) is 12.2. The third-order valence-electron chi connectivity index (χ3n) is 3.70. The van der Waals surface area contributed by atoms with Crippen LogP contribution in [-0.2, 0) is 15.3 Å². The largest absolute Gasteiger partial charge is 0.496 e. The molecular formula is C16H17BrO3. The molecular weight excluding hydrogens is 320 g/mol. The number of hydrogen-bond acceptors (Lipinski definition) is 3. The molecule has 0 aromatic heterocycles. The molecule has 0 radical (unpaired) electrons. The van der Waals surface area contributed by atoms with Crippen molar-refractivity contribution in [2.45, 2.75) is 17.5 Å². The van der Waals surface area contributed by atoms with Crippen molar-refractivity contribution in [2.24, 2.45) is 0 Å². The number of methoxy groups -OCH3 is 1. The average Bonchev–Trinajstić information content (AvgIpc) is 2.96. The number of fused-ring (bicyclic) bond motifs is 1. The molecule has 1 heterocycles. The van der Waals surface area contributed by atoms with Gasteiger partial charge in [0.1, 0.15) is 5.75 Å². The molecule has 0 saturated carbocycles. The molecule has 1 unspecified atom stereocenters. The summed E-state index contributed by atoms with van der Waals surface area (Å²) in [5, 5.41) is 2.25. The van der Waals surface area contributed by atoms with Crippen LogP contribution >= 0.6 is 15.9 Å². The lowest BCUT2D eigenvalue weighted by atomic mass is 9.95. The normalized spacial score (nSPS) is 19.1. The summed E-state index contributed by atoms with van der Waals surface area (Å²) in [5.74, 6) is -0.0106. The summed E-state index contributed by atoms with van der Waals surface area (Å²) >= 11 is 3.64. The first kappa shape index (κ1) is 13.9. The third kappa shape index (κ3) is 2.03. The fourth-order valence-corrected chi connectivity index (χ4v) is 3.28. The first-order chi connectivity index (χ1) is 9.69. The topological polar surface area (TPSA) is 27.7 Å². The third-order valence-corrected chi connectivity index (χ3v) is 4.30. The van der Waals surface area contributed by atoms with E-state index in [4.69, 9.17) is 14.2 Å². The summed E-state index contributed by atoms with van der Waals surface area (Å²) in [7, 11) is 1.68. The van der Waals surface area contributed by atoms with Gasteiger partial charge in [-0.15, -0.1) is 0 Å². The van der Waals surface area contributed by atoms with E-state index in [1.807, 2.05) is 25.1 Å². The Labute approximate surface area is 127 Å². The van der Waals surface area contributed by atoms with Gasteiger partial charge in [0.25, 0.3) is 0 Å². The molecule has 0 amide bonds. The lowest BCUT2D eigenvalue weighted by Gasteiger charge is -2.32. The monoisotopic (exact) mass is 336 g/mol. The van der Waals surface area contributed by atoms with Gasteiger partial charge in [-0.3, -0.25) is 0 Å². The van der Waals surface area contributed by atoms with E-state index >= 15 is 0 Å². The predicted octanol–water partition coefficient (Wildman–Crippen LogP) is 3.83. The molecule has 2 aromatic carbocycles. The van der Waals surface area contributed by atoms with Crippen LogP contribution < -0.4 is 4.74 Å². The minimum absolute atomic E-state index is 0.0113. The van der Waals surface area contributed by atoms with E-state index in [2.05, 4.69) is 34.1 Å². The summed E-state index contributed by atoms with van der Waals surface area (Å²) in [6.07, 6.45) is 0. The smallest absolute Gasteiger partial charge is 0.211 e. The highest BCUT2D eigenvalue weighted by Gasteiger charge is 2.46. The molecule has 106 valence electrons. The van der Waals surface area contributed by atoms with Gasteiger partial charge >= 0.3 is 0 Å². The summed E-state index contributed by atoms with van der Waals surface area (Å²) in [4.78, 5) is 0.0113. The molecule has 4 heteroatoms. The van der Waals surface area contributed by atoms with E-state index in [-0.39, 0.29) is 4.83 Å². The van der Waals surface area contributed by atoms with Crippen LogP contribution in [0.4, 0.5) is 0 Å².